The highest BCUT2D eigenvalue weighted by Crippen LogP contribution is 2.35. The summed E-state index contributed by atoms with van der Waals surface area (Å²) in [6.45, 7) is 1.21. The van der Waals surface area contributed by atoms with E-state index >= 15 is 0 Å². The minimum Gasteiger partial charge on any atom is -0.461 e. The molecular weight excluding hydrogens is 254 g/mol. The van der Waals surface area contributed by atoms with Crippen LogP contribution in [0.5, 0.6) is 0 Å². The van der Waals surface area contributed by atoms with Crippen LogP contribution in [0.4, 0.5) is 8.78 Å². The molecule has 1 aromatic rings. The molecule has 1 N–H and O–H groups in total. The molecule has 6 heteroatoms. The van der Waals surface area contributed by atoms with E-state index in [0.29, 0.717) is 0 Å². The topological polar surface area (TPSA) is 46.5 Å². The number of aliphatic hydroxyl groups is 1. The largest absolute Gasteiger partial charge is 0.461 e. The number of aliphatic hydroxyl groups excluding tert-OH is 1. The molecule has 17 heavy (non-hydrogen) atoms. The third-order valence-electron chi connectivity index (χ3n) is 2.09. The first-order valence-corrected chi connectivity index (χ1v) is 5.26. The van der Waals surface area contributed by atoms with Crippen LogP contribution in [0.1, 0.15) is 18.6 Å². The molecule has 0 heterocycles. The number of hydrogen-bond acceptors (Lipinski definition) is 3. The van der Waals surface area contributed by atoms with Crippen LogP contribution in [0.25, 0.3) is 0 Å². The summed E-state index contributed by atoms with van der Waals surface area (Å²) in [7, 11) is 0. The minimum atomic E-state index is -4.03. The smallest absolute Gasteiger partial charge is 0.380 e. The Morgan fingerprint density at radius 3 is 2.65 bits per heavy atom. The highest BCUT2D eigenvalue weighted by atomic mass is 35.5. The molecular formula is C11H11ClF2O3. The second-order valence-electron chi connectivity index (χ2n) is 3.27. The summed E-state index contributed by atoms with van der Waals surface area (Å²) in [4.78, 5) is 11.0. The molecule has 0 aliphatic heterocycles. The highest BCUT2D eigenvalue weighted by Gasteiger charge is 2.49. The van der Waals surface area contributed by atoms with Gasteiger partial charge in [0.15, 0.2) is 6.10 Å². The van der Waals surface area contributed by atoms with E-state index in [9.17, 15) is 18.7 Å². The van der Waals surface area contributed by atoms with E-state index in [4.69, 9.17) is 11.6 Å². The molecule has 3 nitrogen and oxygen atoms in total. The maximum atomic E-state index is 13.5. The molecule has 0 radical (unpaired) electrons. The zero-order chi connectivity index (χ0) is 13.1. The van der Waals surface area contributed by atoms with E-state index < -0.39 is 18.0 Å². The number of hydrogen-bond donors (Lipinski definition) is 1. The van der Waals surface area contributed by atoms with Crippen molar-refractivity contribution in [1.82, 2.24) is 0 Å². The van der Waals surface area contributed by atoms with Crippen molar-refractivity contribution in [2.45, 2.75) is 19.0 Å². The van der Waals surface area contributed by atoms with Crippen molar-refractivity contribution in [1.29, 1.82) is 0 Å². The summed E-state index contributed by atoms with van der Waals surface area (Å²) >= 11 is 5.66. The molecule has 0 bridgehead atoms. The molecule has 0 amide bonds. The predicted molar refractivity (Wildman–Crippen MR) is 58.0 cm³/mol. The van der Waals surface area contributed by atoms with Crippen molar-refractivity contribution in [3.05, 3.63) is 34.9 Å². The Morgan fingerprint density at radius 1 is 1.53 bits per heavy atom. The lowest BCUT2D eigenvalue weighted by Gasteiger charge is -2.21. The van der Waals surface area contributed by atoms with Crippen LogP contribution < -0.4 is 0 Å². The van der Waals surface area contributed by atoms with E-state index in [1.807, 2.05) is 0 Å². The average Bonchev–Trinajstić information content (AvgIpc) is 2.29. The normalized spacial score (nSPS) is 13.2. The summed E-state index contributed by atoms with van der Waals surface area (Å²) in [5, 5.41) is 9.45. The number of ether oxygens (including phenoxy) is 1. The summed E-state index contributed by atoms with van der Waals surface area (Å²) in [5.41, 5.74) is -0.216. The maximum absolute atomic E-state index is 13.5. The van der Waals surface area contributed by atoms with Gasteiger partial charge in [0.25, 0.3) is 0 Å². The zero-order valence-corrected chi connectivity index (χ0v) is 9.75. The molecule has 1 rings (SSSR count). The molecule has 0 fully saturated rings. The number of esters is 1. The lowest BCUT2D eigenvalue weighted by molar-refractivity contribution is -0.189. The van der Waals surface area contributed by atoms with E-state index in [2.05, 4.69) is 4.74 Å². The molecule has 0 saturated heterocycles. The van der Waals surface area contributed by atoms with Crippen LogP contribution in [0, 0.1) is 0 Å². The van der Waals surface area contributed by atoms with Gasteiger partial charge in [-0.15, -0.1) is 0 Å². The molecule has 1 aromatic carbocycles. The van der Waals surface area contributed by atoms with Gasteiger partial charge in [0.05, 0.1) is 6.61 Å². The standard InChI is InChI=1S/C11H11ClF2O3/c1-2-17-10(16)11(13,14)9(15)7-5-3-4-6-8(7)12/h3-6,9,15H,2H2,1H3. The molecule has 0 aromatic heterocycles. The third kappa shape index (κ3) is 2.92. The van der Waals surface area contributed by atoms with Crippen molar-refractivity contribution >= 4 is 17.6 Å². The van der Waals surface area contributed by atoms with Gasteiger partial charge in [-0.1, -0.05) is 29.8 Å². The first-order chi connectivity index (χ1) is 7.91. The molecule has 0 spiro atoms. The number of benzene rings is 1. The lowest BCUT2D eigenvalue weighted by Crippen LogP contribution is -2.37. The zero-order valence-electron chi connectivity index (χ0n) is 8.99. The predicted octanol–water partition coefficient (Wildman–Crippen LogP) is 2.57. The number of alkyl halides is 2. The summed E-state index contributed by atoms with van der Waals surface area (Å²) < 4.78 is 31.2. The Bertz CT molecular complexity index is 409. The van der Waals surface area contributed by atoms with Crippen molar-refractivity contribution in [2.75, 3.05) is 6.61 Å². The van der Waals surface area contributed by atoms with Crippen LogP contribution >= 0.6 is 11.6 Å². The Kier molecular flexibility index (Phi) is 4.42. The number of carbonyl (C=O) groups excluding carboxylic acids is 1. The van der Waals surface area contributed by atoms with E-state index in [1.165, 1.54) is 31.2 Å². The van der Waals surface area contributed by atoms with Gasteiger partial charge in [-0.25, -0.2) is 4.79 Å². The van der Waals surface area contributed by atoms with E-state index in [0.717, 1.165) is 0 Å². The second kappa shape index (κ2) is 5.42. The summed E-state index contributed by atoms with van der Waals surface area (Å²) in [5.74, 6) is -5.80. The highest BCUT2D eigenvalue weighted by molar-refractivity contribution is 6.31. The van der Waals surface area contributed by atoms with Crippen LogP contribution in [-0.2, 0) is 9.53 Å². The Balaban J connectivity index is 3.00. The third-order valence-corrected chi connectivity index (χ3v) is 2.44. The van der Waals surface area contributed by atoms with Crippen molar-refractivity contribution in [2.24, 2.45) is 0 Å². The molecule has 0 saturated carbocycles. The monoisotopic (exact) mass is 264 g/mol. The van der Waals surface area contributed by atoms with Gasteiger partial charge in [-0.2, -0.15) is 8.78 Å². The van der Waals surface area contributed by atoms with Gasteiger partial charge < -0.3 is 9.84 Å². The molecule has 94 valence electrons. The fourth-order valence-electron chi connectivity index (χ4n) is 1.23. The fourth-order valence-corrected chi connectivity index (χ4v) is 1.47. The van der Waals surface area contributed by atoms with Gasteiger partial charge in [-0.3, -0.25) is 0 Å². The molecule has 0 aliphatic carbocycles. The van der Waals surface area contributed by atoms with Gasteiger partial charge in [0.1, 0.15) is 0 Å². The first-order valence-electron chi connectivity index (χ1n) is 4.88. The van der Waals surface area contributed by atoms with Gasteiger partial charge in [0, 0.05) is 10.6 Å². The maximum Gasteiger partial charge on any atom is 0.380 e. The summed E-state index contributed by atoms with van der Waals surface area (Å²) in [6, 6.07) is 5.54. The van der Waals surface area contributed by atoms with E-state index in [-0.39, 0.29) is 17.2 Å². The van der Waals surface area contributed by atoms with Gasteiger partial charge in [0.2, 0.25) is 0 Å². The van der Waals surface area contributed by atoms with Crippen LogP contribution in [0.2, 0.25) is 5.02 Å². The Labute approximate surface area is 102 Å². The fraction of sp³-hybridized carbons (Fsp3) is 0.364. The molecule has 0 aliphatic rings. The number of rotatable bonds is 4. The summed E-state index contributed by atoms with van der Waals surface area (Å²) in [6.07, 6.45) is -2.32. The van der Waals surface area contributed by atoms with Crippen LogP contribution in [0.15, 0.2) is 24.3 Å². The number of halogens is 3. The minimum absolute atomic E-state index is 0.0380. The van der Waals surface area contributed by atoms with Crippen LogP contribution in [0.3, 0.4) is 0 Å². The van der Waals surface area contributed by atoms with Crippen molar-refractivity contribution in [3.63, 3.8) is 0 Å². The SMILES string of the molecule is CCOC(=O)C(F)(F)C(O)c1ccccc1Cl. The average molecular weight is 265 g/mol. The van der Waals surface area contributed by atoms with Gasteiger partial charge in [-0.05, 0) is 13.0 Å². The van der Waals surface area contributed by atoms with Crippen molar-refractivity contribution in [3.8, 4) is 0 Å². The molecule has 1 atom stereocenters. The van der Waals surface area contributed by atoms with Crippen LogP contribution in [-0.4, -0.2) is 23.6 Å². The first kappa shape index (κ1) is 13.9. The van der Waals surface area contributed by atoms with E-state index in [1.54, 1.807) is 0 Å². The number of carbonyl (C=O) groups is 1. The Hall–Kier alpha value is -1.20. The second-order valence-corrected chi connectivity index (χ2v) is 3.67. The van der Waals surface area contributed by atoms with Gasteiger partial charge >= 0.3 is 11.9 Å². The quantitative estimate of drug-likeness (QED) is 0.850. The van der Waals surface area contributed by atoms with Crippen molar-refractivity contribution < 1.29 is 23.4 Å². The molecule has 1 unspecified atom stereocenters. The Morgan fingerprint density at radius 2 is 2.12 bits per heavy atom. The lowest BCUT2D eigenvalue weighted by atomic mass is 10.0.